The molecule has 0 radical (unpaired) electrons. The molecule has 4 aromatic rings. The lowest BCUT2D eigenvalue weighted by molar-refractivity contribution is -0.137. The average Bonchev–Trinajstić information content (AvgIpc) is 3.25. The normalized spacial score (nSPS) is 12.2. The largest absolute Gasteiger partial charge is 0.417 e. The Morgan fingerprint density at radius 2 is 1.62 bits per heavy atom. The highest BCUT2D eigenvalue weighted by Crippen LogP contribution is 2.38. The van der Waals surface area contributed by atoms with Gasteiger partial charge in [-0.15, -0.1) is 11.8 Å². The predicted molar refractivity (Wildman–Crippen MR) is 131 cm³/mol. The molecule has 0 saturated heterocycles. The topological polar surface area (TPSA) is 38.0 Å². The van der Waals surface area contributed by atoms with Gasteiger partial charge in [0.1, 0.15) is 11.4 Å². The van der Waals surface area contributed by atoms with Crippen molar-refractivity contribution < 1.29 is 18.3 Å². The highest BCUT2D eigenvalue weighted by atomic mass is 32.2. The first kappa shape index (κ1) is 24.1. The minimum atomic E-state index is -4.53. The smallest absolute Gasteiger partial charge is 0.384 e. The van der Waals surface area contributed by atoms with Gasteiger partial charge in [0.2, 0.25) is 0 Å². The number of aliphatic hydroxyl groups is 1. The number of aromatic nitrogens is 2. The van der Waals surface area contributed by atoms with Gasteiger partial charge in [-0.05, 0) is 61.1 Å². The van der Waals surface area contributed by atoms with E-state index in [1.54, 1.807) is 42.4 Å². The number of halogens is 3. The Hall–Kier alpha value is -3.03. The van der Waals surface area contributed by atoms with Gasteiger partial charge in [0.05, 0.1) is 11.3 Å². The van der Waals surface area contributed by atoms with Crippen LogP contribution in [-0.2, 0) is 11.8 Å². The van der Waals surface area contributed by atoms with Crippen molar-refractivity contribution >= 4 is 11.8 Å². The van der Waals surface area contributed by atoms with Gasteiger partial charge in [-0.2, -0.15) is 13.2 Å². The fraction of sp³-hybridized carbons (Fsp3) is 0.222. The lowest BCUT2D eigenvalue weighted by Gasteiger charge is -2.14. The zero-order valence-electron chi connectivity index (χ0n) is 19.1. The standard InChI is InChI=1S/C27H25F3N2OS/c1-4-34-21-9-7-8-19(16-21)18-12-14-20(15-13-18)32-17-24(26(2,3)33)31-25(32)22-10-5-6-11-23(22)27(28,29)30/h5-17,33H,4H2,1-3H3. The number of rotatable bonds is 6. The second-order valence-corrected chi connectivity index (χ2v) is 9.77. The third kappa shape index (κ3) is 5.05. The fourth-order valence-electron chi connectivity index (χ4n) is 3.73. The van der Waals surface area contributed by atoms with Crippen LogP contribution in [0.1, 0.15) is 32.0 Å². The fourth-order valence-corrected chi connectivity index (χ4v) is 4.45. The van der Waals surface area contributed by atoms with E-state index in [9.17, 15) is 18.3 Å². The molecule has 1 aromatic heterocycles. The number of alkyl halides is 3. The molecule has 0 fully saturated rings. The second kappa shape index (κ2) is 9.31. The molecule has 1 heterocycles. The van der Waals surface area contributed by atoms with Crippen LogP contribution in [0.2, 0.25) is 0 Å². The first-order valence-electron chi connectivity index (χ1n) is 10.9. The summed E-state index contributed by atoms with van der Waals surface area (Å²) in [5.41, 5.74) is 0.873. The summed E-state index contributed by atoms with van der Waals surface area (Å²) in [6.07, 6.45) is -2.94. The number of imidazole rings is 1. The highest BCUT2D eigenvalue weighted by Gasteiger charge is 2.35. The molecule has 0 aliphatic rings. The van der Waals surface area contributed by atoms with Crippen molar-refractivity contribution in [2.75, 3.05) is 5.75 Å². The van der Waals surface area contributed by atoms with Crippen LogP contribution in [-0.4, -0.2) is 20.4 Å². The monoisotopic (exact) mass is 482 g/mol. The van der Waals surface area contributed by atoms with Crippen LogP contribution >= 0.6 is 11.8 Å². The Bertz CT molecular complexity index is 1290. The van der Waals surface area contributed by atoms with Crippen molar-refractivity contribution in [3.8, 4) is 28.2 Å². The summed E-state index contributed by atoms with van der Waals surface area (Å²) in [6.45, 7) is 5.22. The number of benzene rings is 3. The first-order chi connectivity index (χ1) is 16.1. The summed E-state index contributed by atoms with van der Waals surface area (Å²) in [5, 5.41) is 10.5. The van der Waals surface area contributed by atoms with Crippen LogP contribution in [0.5, 0.6) is 0 Å². The summed E-state index contributed by atoms with van der Waals surface area (Å²) in [4.78, 5) is 5.61. The SMILES string of the molecule is CCSc1cccc(-c2ccc(-n3cc(C(C)(C)O)nc3-c3ccccc3C(F)(F)F)cc2)c1. The van der Waals surface area contributed by atoms with E-state index in [2.05, 4.69) is 24.0 Å². The van der Waals surface area contributed by atoms with Crippen molar-refractivity contribution in [2.45, 2.75) is 37.4 Å². The molecule has 0 aliphatic heterocycles. The number of hydrogen-bond donors (Lipinski definition) is 1. The summed E-state index contributed by atoms with van der Waals surface area (Å²) >= 11 is 1.76. The molecule has 0 bridgehead atoms. The molecular weight excluding hydrogens is 457 g/mol. The minimum Gasteiger partial charge on any atom is -0.384 e. The molecule has 4 rings (SSSR count). The van der Waals surface area contributed by atoms with Crippen LogP contribution < -0.4 is 0 Å². The van der Waals surface area contributed by atoms with Gasteiger partial charge in [0, 0.05) is 22.3 Å². The molecule has 3 nitrogen and oxygen atoms in total. The predicted octanol–water partition coefficient (Wildman–Crippen LogP) is 7.56. The van der Waals surface area contributed by atoms with Crippen LogP contribution in [0, 0.1) is 0 Å². The molecule has 0 aliphatic carbocycles. The summed E-state index contributed by atoms with van der Waals surface area (Å²) in [7, 11) is 0. The number of hydrogen-bond acceptors (Lipinski definition) is 3. The molecule has 0 unspecified atom stereocenters. The second-order valence-electron chi connectivity index (χ2n) is 8.43. The molecular formula is C27H25F3N2OS. The molecule has 3 aromatic carbocycles. The Balaban J connectivity index is 1.81. The number of nitrogens with zero attached hydrogens (tertiary/aromatic N) is 2. The van der Waals surface area contributed by atoms with Gasteiger partial charge in [-0.25, -0.2) is 4.98 Å². The zero-order valence-corrected chi connectivity index (χ0v) is 19.9. The first-order valence-corrected chi connectivity index (χ1v) is 11.9. The van der Waals surface area contributed by atoms with Gasteiger partial charge in [-0.3, -0.25) is 4.57 Å². The average molecular weight is 483 g/mol. The minimum absolute atomic E-state index is 0.0427. The van der Waals surface area contributed by atoms with Crippen molar-refractivity contribution in [2.24, 2.45) is 0 Å². The van der Waals surface area contributed by atoms with Crippen molar-refractivity contribution in [3.05, 3.63) is 90.3 Å². The highest BCUT2D eigenvalue weighted by molar-refractivity contribution is 7.99. The van der Waals surface area contributed by atoms with Gasteiger partial charge >= 0.3 is 6.18 Å². The molecule has 34 heavy (non-hydrogen) atoms. The summed E-state index contributed by atoms with van der Waals surface area (Å²) in [6, 6.07) is 21.2. The van der Waals surface area contributed by atoms with E-state index in [0.717, 1.165) is 22.9 Å². The van der Waals surface area contributed by atoms with Crippen molar-refractivity contribution in [1.82, 2.24) is 9.55 Å². The van der Waals surface area contributed by atoms with Gasteiger partial charge in [-0.1, -0.05) is 49.4 Å². The molecule has 0 saturated carbocycles. The molecule has 0 spiro atoms. The third-order valence-corrected chi connectivity index (χ3v) is 6.31. The van der Waals surface area contributed by atoms with Crippen LogP contribution in [0.4, 0.5) is 13.2 Å². The molecule has 0 amide bonds. The molecule has 0 atom stereocenters. The van der Waals surface area contributed by atoms with E-state index in [1.807, 2.05) is 36.4 Å². The third-order valence-electron chi connectivity index (χ3n) is 5.43. The molecule has 176 valence electrons. The van der Waals surface area contributed by atoms with Crippen LogP contribution in [0.3, 0.4) is 0 Å². The lowest BCUT2D eigenvalue weighted by Crippen LogP contribution is -2.15. The van der Waals surface area contributed by atoms with Crippen LogP contribution in [0.15, 0.2) is 83.9 Å². The summed E-state index contributed by atoms with van der Waals surface area (Å²) in [5.74, 6) is 1.11. The van der Waals surface area contributed by atoms with E-state index in [-0.39, 0.29) is 17.1 Å². The molecule has 7 heteroatoms. The van der Waals surface area contributed by atoms with E-state index in [4.69, 9.17) is 0 Å². The molecule has 1 N–H and O–H groups in total. The Morgan fingerprint density at radius 3 is 2.26 bits per heavy atom. The van der Waals surface area contributed by atoms with E-state index in [1.165, 1.54) is 17.0 Å². The number of thioether (sulfide) groups is 1. The van der Waals surface area contributed by atoms with Gasteiger partial charge < -0.3 is 5.11 Å². The Morgan fingerprint density at radius 1 is 0.912 bits per heavy atom. The quantitative estimate of drug-likeness (QED) is 0.288. The van der Waals surface area contributed by atoms with Gasteiger partial charge in [0.15, 0.2) is 0 Å². The van der Waals surface area contributed by atoms with E-state index >= 15 is 0 Å². The van der Waals surface area contributed by atoms with Crippen molar-refractivity contribution in [1.29, 1.82) is 0 Å². The van der Waals surface area contributed by atoms with Crippen LogP contribution in [0.25, 0.3) is 28.2 Å². The van der Waals surface area contributed by atoms with Crippen molar-refractivity contribution in [3.63, 3.8) is 0 Å². The maximum atomic E-state index is 13.7. The summed E-state index contributed by atoms with van der Waals surface area (Å²) < 4.78 is 42.8. The van der Waals surface area contributed by atoms with E-state index in [0.29, 0.717) is 5.69 Å². The van der Waals surface area contributed by atoms with Gasteiger partial charge in [0.25, 0.3) is 0 Å². The zero-order chi connectivity index (χ0) is 24.5. The Labute approximate surface area is 201 Å². The lowest BCUT2D eigenvalue weighted by atomic mass is 10.0. The maximum absolute atomic E-state index is 13.7. The Kier molecular flexibility index (Phi) is 6.60. The van der Waals surface area contributed by atoms with E-state index < -0.39 is 17.3 Å². The maximum Gasteiger partial charge on any atom is 0.417 e.